The second-order valence-corrected chi connectivity index (χ2v) is 4.80. The third-order valence-corrected chi connectivity index (χ3v) is 3.21. The number of ether oxygens (including phenoxy) is 2. The van der Waals surface area contributed by atoms with Crippen molar-refractivity contribution in [1.82, 2.24) is 0 Å². The maximum absolute atomic E-state index is 14.1. The lowest BCUT2D eigenvalue weighted by Crippen LogP contribution is -2.81. The Bertz CT molecular complexity index is 329. The smallest absolute Gasteiger partial charge is 0.373 e. The van der Waals surface area contributed by atoms with E-state index in [1.54, 1.807) is 0 Å². The van der Waals surface area contributed by atoms with E-state index < -0.39 is 30.4 Å². The second-order valence-electron chi connectivity index (χ2n) is 4.80. The molecule has 0 aromatic rings. The van der Waals surface area contributed by atoms with Crippen LogP contribution in [-0.2, 0) is 9.47 Å². The molecule has 0 spiro atoms. The third-order valence-electron chi connectivity index (χ3n) is 3.21. The highest BCUT2D eigenvalue weighted by atomic mass is 19.3. The molecule has 1 aliphatic rings. The van der Waals surface area contributed by atoms with E-state index in [0.29, 0.717) is 0 Å². The van der Waals surface area contributed by atoms with Gasteiger partial charge in [-0.1, -0.05) is 0 Å². The average Bonchev–Trinajstić information content (AvgIpc) is 2.42. The normalized spacial score (nSPS) is 30.1. The molecule has 0 bridgehead atoms. The van der Waals surface area contributed by atoms with E-state index in [2.05, 4.69) is 9.47 Å². The first-order valence-electron chi connectivity index (χ1n) is 6.67. The molecule has 0 aromatic carbocycles. The van der Waals surface area contributed by atoms with Gasteiger partial charge in [-0.2, -0.15) is 17.6 Å². The Morgan fingerprint density at radius 1 is 0.810 bits per heavy atom. The molecule has 0 radical (unpaired) electrons. The third kappa shape index (κ3) is 3.30. The Balaban J connectivity index is 2.63. The lowest BCUT2D eigenvalue weighted by Gasteiger charge is -2.53. The van der Waals surface area contributed by atoms with Crippen molar-refractivity contribution in [2.75, 3.05) is 26.4 Å². The molecule has 1 rings (SSSR count). The number of unbranched alkanes of at least 4 members (excludes halogenated alkanes) is 2. The Hall–Kier alpha value is -0.510. The maximum Gasteiger partial charge on any atom is 0.373 e. The first kappa shape index (κ1) is 18.5. The predicted octanol–water partition coefficient (Wildman–Crippen LogP) is 1.88. The molecule has 1 aliphatic carbocycles. The summed E-state index contributed by atoms with van der Waals surface area (Å²) in [5.41, 5.74) is 0. The number of alkyl halides is 5. The van der Waals surface area contributed by atoms with Crippen LogP contribution >= 0.6 is 0 Å². The van der Waals surface area contributed by atoms with Crippen LogP contribution in [0.25, 0.3) is 0 Å². The van der Waals surface area contributed by atoms with E-state index in [1.807, 2.05) is 0 Å². The number of halogens is 5. The van der Waals surface area contributed by atoms with Gasteiger partial charge in [-0.05, 0) is 25.7 Å². The highest BCUT2D eigenvalue weighted by Crippen LogP contribution is 2.61. The predicted molar refractivity (Wildman–Crippen MR) is 62.1 cm³/mol. The minimum Gasteiger partial charge on any atom is -0.396 e. The zero-order chi connectivity index (χ0) is 16.1. The van der Waals surface area contributed by atoms with Crippen molar-refractivity contribution in [1.29, 1.82) is 0 Å². The zero-order valence-electron chi connectivity index (χ0n) is 11.3. The van der Waals surface area contributed by atoms with Gasteiger partial charge in [0.15, 0.2) is 6.10 Å². The van der Waals surface area contributed by atoms with Gasteiger partial charge in [-0.25, -0.2) is 4.39 Å². The van der Waals surface area contributed by atoms with Gasteiger partial charge >= 0.3 is 17.7 Å². The SMILES string of the molecule is OCCCCOC1C(F)(F)C(F)(F)C1(F)OCCCCO. The number of hydrogen-bond donors (Lipinski definition) is 2. The topological polar surface area (TPSA) is 58.9 Å². The van der Waals surface area contributed by atoms with Gasteiger partial charge in [0.2, 0.25) is 0 Å². The largest absolute Gasteiger partial charge is 0.396 e. The summed E-state index contributed by atoms with van der Waals surface area (Å²) in [7, 11) is 0. The van der Waals surface area contributed by atoms with E-state index in [9.17, 15) is 22.0 Å². The van der Waals surface area contributed by atoms with Gasteiger partial charge in [-0.15, -0.1) is 0 Å². The van der Waals surface area contributed by atoms with Gasteiger partial charge in [0.1, 0.15) is 0 Å². The summed E-state index contributed by atoms with van der Waals surface area (Å²) < 4.78 is 76.0. The second kappa shape index (κ2) is 7.17. The highest BCUT2D eigenvalue weighted by Gasteiger charge is 2.91. The minimum absolute atomic E-state index is 0.0566. The van der Waals surface area contributed by atoms with Crippen LogP contribution in [0, 0.1) is 0 Å². The molecule has 1 fully saturated rings. The molecule has 2 N–H and O–H groups in total. The van der Waals surface area contributed by atoms with Gasteiger partial charge in [0.25, 0.3) is 0 Å². The average molecular weight is 322 g/mol. The molecule has 0 aromatic heterocycles. The monoisotopic (exact) mass is 322 g/mol. The van der Waals surface area contributed by atoms with Crippen LogP contribution in [0.2, 0.25) is 0 Å². The zero-order valence-corrected chi connectivity index (χ0v) is 11.3. The quantitative estimate of drug-likeness (QED) is 0.476. The fourth-order valence-corrected chi connectivity index (χ4v) is 1.94. The van der Waals surface area contributed by atoms with Crippen molar-refractivity contribution < 1.29 is 41.6 Å². The summed E-state index contributed by atoms with van der Waals surface area (Å²) >= 11 is 0. The standard InChI is InChI=1S/C12H19F5O4/c13-10(14)9(20-7-3-1-5-18)11(15,12(10,16)17)21-8-4-2-6-19/h9,18-19H,1-8H2. The molecule has 21 heavy (non-hydrogen) atoms. The van der Waals surface area contributed by atoms with Crippen LogP contribution in [0.4, 0.5) is 22.0 Å². The molecule has 1 saturated carbocycles. The maximum atomic E-state index is 14.1. The molecule has 0 aliphatic heterocycles. The molecular weight excluding hydrogens is 303 g/mol. The summed E-state index contributed by atoms with van der Waals surface area (Å²) in [5.74, 6) is -13.5. The number of aliphatic hydroxyl groups is 2. The highest BCUT2D eigenvalue weighted by molar-refractivity contribution is 5.19. The van der Waals surface area contributed by atoms with Crippen molar-refractivity contribution in [3.63, 3.8) is 0 Å². The molecular formula is C12H19F5O4. The van der Waals surface area contributed by atoms with Crippen LogP contribution in [0.1, 0.15) is 25.7 Å². The van der Waals surface area contributed by atoms with Crippen LogP contribution in [0.15, 0.2) is 0 Å². The van der Waals surface area contributed by atoms with Crippen molar-refractivity contribution in [3.05, 3.63) is 0 Å². The lowest BCUT2D eigenvalue weighted by atomic mass is 9.79. The number of aliphatic hydroxyl groups excluding tert-OH is 2. The minimum atomic E-state index is -4.97. The van der Waals surface area contributed by atoms with Gasteiger partial charge in [0.05, 0.1) is 6.61 Å². The van der Waals surface area contributed by atoms with Gasteiger partial charge in [0, 0.05) is 19.8 Å². The van der Waals surface area contributed by atoms with Crippen LogP contribution in [0.3, 0.4) is 0 Å². The van der Waals surface area contributed by atoms with E-state index in [4.69, 9.17) is 10.2 Å². The summed E-state index contributed by atoms with van der Waals surface area (Å²) in [6, 6.07) is 0. The summed E-state index contributed by atoms with van der Waals surface area (Å²) in [6.07, 6.45) is -2.09. The molecule has 0 amide bonds. The number of rotatable bonds is 10. The molecule has 2 unspecified atom stereocenters. The van der Waals surface area contributed by atoms with Crippen molar-refractivity contribution >= 4 is 0 Å². The Kier molecular flexibility index (Phi) is 6.33. The fourth-order valence-electron chi connectivity index (χ4n) is 1.94. The van der Waals surface area contributed by atoms with E-state index in [1.165, 1.54) is 0 Å². The summed E-state index contributed by atoms with van der Waals surface area (Å²) in [6.45, 7) is -1.36. The fraction of sp³-hybridized carbons (Fsp3) is 1.00. The van der Waals surface area contributed by atoms with Gasteiger partial charge < -0.3 is 19.7 Å². The molecule has 2 atom stereocenters. The van der Waals surface area contributed by atoms with Gasteiger partial charge in [-0.3, -0.25) is 0 Å². The molecule has 0 heterocycles. The molecule has 9 heteroatoms. The molecule has 126 valence electrons. The Morgan fingerprint density at radius 3 is 1.86 bits per heavy atom. The van der Waals surface area contributed by atoms with Crippen LogP contribution < -0.4 is 0 Å². The van der Waals surface area contributed by atoms with E-state index in [-0.39, 0.29) is 45.5 Å². The van der Waals surface area contributed by atoms with Crippen molar-refractivity contribution in [2.24, 2.45) is 0 Å². The number of hydrogen-bond acceptors (Lipinski definition) is 4. The Morgan fingerprint density at radius 2 is 1.33 bits per heavy atom. The lowest BCUT2D eigenvalue weighted by molar-refractivity contribution is -0.482. The van der Waals surface area contributed by atoms with E-state index >= 15 is 0 Å². The van der Waals surface area contributed by atoms with Crippen LogP contribution in [0.5, 0.6) is 0 Å². The first-order valence-corrected chi connectivity index (χ1v) is 6.67. The summed E-state index contributed by atoms with van der Waals surface area (Å²) in [4.78, 5) is 0. The Labute approximate surface area is 118 Å². The van der Waals surface area contributed by atoms with E-state index in [0.717, 1.165) is 0 Å². The van der Waals surface area contributed by atoms with Crippen LogP contribution in [-0.4, -0.2) is 60.4 Å². The van der Waals surface area contributed by atoms with Crippen molar-refractivity contribution in [3.8, 4) is 0 Å². The molecule has 4 nitrogen and oxygen atoms in total. The summed E-state index contributed by atoms with van der Waals surface area (Å²) in [5, 5.41) is 17.0. The first-order chi connectivity index (χ1) is 9.75. The van der Waals surface area contributed by atoms with Crippen molar-refractivity contribution in [2.45, 2.75) is 49.5 Å². The molecule has 0 saturated heterocycles.